The van der Waals surface area contributed by atoms with Gasteiger partial charge in [0.05, 0.1) is 0 Å². The maximum Gasteiger partial charge on any atom is 2.00 e. The van der Waals surface area contributed by atoms with Crippen LogP contribution in [0.5, 0.6) is 0 Å². The molecule has 0 aliphatic carbocycles. The van der Waals surface area contributed by atoms with Gasteiger partial charge in [-0.25, -0.2) is 0 Å². The van der Waals surface area contributed by atoms with E-state index >= 15 is 0 Å². The molecule has 4 heteroatoms. The first-order chi connectivity index (χ1) is 0. The molecule has 0 saturated heterocycles. The third kappa shape index (κ3) is 9.30. The van der Waals surface area contributed by atoms with Gasteiger partial charge in [0.1, 0.15) is 0 Å². The van der Waals surface area contributed by atoms with E-state index in [0.717, 1.165) is 0 Å². The summed E-state index contributed by atoms with van der Waals surface area (Å²) >= 11 is 0. The van der Waals surface area contributed by atoms with Gasteiger partial charge in [0, 0.05) is 0 Å². The summed E-state index contributed by atoms with van der Waals surface area (Å²) in [6, 6.07) is 0. The first-order valence-electron chi connectivity index (χ1n) is 0. The number of hydrogen-bond donors (Lipinski definition) is 0. The third-order valence-corrected chi connectivity index (χ3v) is 0. The summed E-state index contributed by atoms with van der Waals surface area (Å²) < 4.78 is 0. The molecule has 0 heterocycles. The van der Waals surface area contributed by atoms with Gasteiger partial charge in [-0.05, 0) is 11.0 Å². The Morgan fingerprint density at radius 2 is 1.25 bits per heavy atom. The fraction of sp³-hybridized carbons (Fsp3) is 0. The first kappa shape index (κ1) is 24.8. The van der Waals surface area contributed by atoms with E-state index in [-0.39, 0.29) is 130 Å². The van der Waals surface area contributed by atoms with Crippen LogP contribution in [0.3, 0.4) is 0 Å². The van der Waals surface area contributed by atoms with Crippen molar-refractivity contribution in [3.8, 4) is 0 Å². The van der Waals surface area contributed by atoms with E-state index in [1.807, 2.05) is 0 Å². The molecule has 4 heavy (non-hydrogen) atoms. The molecule has 0 spiro atoms. The molecule has 0 atom stereocenters. The summed E-state index contributed by atoms with van der Waals surface area (Å²) in [7, 11) is 0. The standard InChI is InChI=1S/Ca.K.Mg.H4Si.5H/h;;;1H4;;;;;/q+2;+1;+2;;5*-1. The zero-order chi connectivity index (χ0) is 0. The molecule has 18 valence electrons. The Hall–Kier alpha value is 3.88. The summed E-state index contributed by atoms with van der Waals surface area (Å²) in [5.74, 6) is 0. The summed E-state index contributed by atoms with van der Waals surface area (Å²) in [6.45, 7) is 0. The second-order valence-electron chi connectivity index (χ2n) is 0. The fourth-order valence-corrected chi connectivity index (χ4v) is 0. The Labute approximate surface area is 127 Å². The zero-order valence-electron chi connectivity index (χ0n) is 7.41. The second kappa shape index (κ2) is 15.8. The average Bonchev–Trinajstić information content (AvgIpc) is 0. The van der Waals surface area contributed by atoms with Gasteiger partial charge in [-0.15, -0.1) is 0 Å². The van der Waals surface area contributed by atoms with Crippen molar-refractivity contribution in [3.05, 3.63) is 0 Å². The Bertz CT molecular complexity index is 16.9. The SMILES string of the molecule is [Ca+2].[H-].[H-].[H-].[H-].[H-].[K+].[Mg+2].[SiH4]. The van der Waals surface area contributed by atoms with Crippen LogP contribution in [-0.4, -0.2) is 71.8 Å². The van der Waals surface area contributed by atoms with Crippen molar-refractivity contribution in [2.24, 2.45) is 0 Å². The van der Waals surface area contributed by atoms with Crippen LogP contribution in [0, 0.1) is 0 Å². The molecule has 0 amide bonds. The molecular formula is H9CaKMgSi. The monoisotopic (exact) mass is 140 g/mol. The maximum atomic E-state index is 0. The van der Waals surface area contributed by atoms with Crippen molar-refractivity contribution in [3.63, 3.8) is 0 Å². The number of hydrogen-bond acceptors (Lipinski definition) is 0. The molecule has 0 aliphatic rings. The summed E-state index contributed by atoms with van der Waals surface area (Å²) in [6.07, 6.45) is 0. The van der Waals surface area contributed by atoms with Crippen molar-refractivity contribution in [2.75, 3.05) is 0 Å². The minimum Gasteiger partial charge on any atom is -1.00 e. The van der Waals surface area contributed by atoms with E-state index in [4.69, 9.17) is 0 Å². The topological polar surface area (TPSA) is 0 Å². The van der Waals surface area contributed by atoms with Gasteiger partial charge in [0.25, 0.3) is 0 Å². The molecule has 0 aliphatic heterocycles. The molecule has 0 aromatic heterocycles. The Balaban J connectivity index is 0. The second-order valence-corrected chi connectivity index (χ2v) is 0. The molecule has 0 fully saturated rings. The van der Waals surface area contributed by atoms with Gasteiger partial charge in [-0.1, -0.05) is 0 Å². The van der Waals surface area contributed by atoms with Gasteiger partial charge < -0.3 is 7.13 Å². The van der Waals surface area contributed by atoms with Crippen LogP contribution in [0.4, 0.5) is 0 Å². The van der Waals surface area contributed by atoms with E-state index in [0.29, 0.717) is 0 Å². The Morgan fingerprint density at radius 1 is 1.25 bits per heavy atom. The van der Waals surface area contributed by atoms with Crippen LogP contribution >= 0.6 is 0 Å². The van der Waals surface area contributed by atoms with Gasteiger partial charge in [0.2, 0.25) is 0 Å². The van der Waals surface area contributed by atoms with E-state index < -0.39 is 0 Å². The number of rotatable bonds is 0. The van der Waals surface area contributed by atoms with Gasteiger partial charge in [-0.2, -0.15) is 0 Å². The van der Waals surface area contributed by atoms with Gasteiger partial charge in [-0.3, -0.25) is 0 Å². The molecule has 0 nitrogen and oxygen atoms in total. The van der Waals surface area contributed by atoms with Crippen molar-refractivity contribution in [1.29, 1.82) is 0 Å². The summed E-state index contributed by atoms with van der Waals surface area (Å²) in [5.41, 5.74) is 0. The van der Waals surface area contributed by atoms with Crippen molar-refractivity contribution >= 4 is 71.8 Å². The van der Waals surface area contributed by atoms with E-state index in [1.54, 1.807) is 0 Å². The minimum atomic E-state index is 0. The molecule has 0 N–H and O–H groups in total. The molecule has 0 aromatic carbocycles. The van der Waals surface area contributed by atoms with Crippen molar-refractivity contribution < 1.29 is 58.5 Å². The van der Waals surface area contributed by atoms with Crippen LogP contribution in [-0.2, 0) is 0 Å². The van der Waals surface area contributed by atoms with Crippen LogP contribution < -0.4 is 51.4 Å². The molecule has 0 unspecified atom stereocenters. The zero-order valence-corrected chi connectivity index (χ0v) is 9.16. The molecular weight excluding hydrogens is 132 g/mol. The summed E-state index contributed by atoms with van der Waals surface area (Å²) in [5, 5.41) is 0. The minimum absolute atomic E-state index is 0. The van der Waals surface area contributed by atoms with Crippen molar-refractivity contribution in [2.45, 2.75) is 0 Å². The third-order valence-electron chi connectivity index (χ3n) is 0. The van der Waals surface area contributed by atoms with E-state index in [2.05, 4.69) is 0 Å². The molecule has 0 rings (SSSR count). The van der Waals surface area contributed by atoms with Crippen LogP contribution in [0.25, 0.3) is 0 Å². The van der Waals surface area contributed by atoms with Gasteiger partial charge >= 0.3 is 112 Å². The van der Waals surface area contributed by atoms with Crippen LogP contribution in [0.15, 0.2) is 0 Å². The molecule has 0 radical (unpaired) electrons. The van der Waals surface area contributed by atoms with E-state index in [1.165, 1.54) is 0 Å². The quantitative estimate of drug-likeness (QED) is 0.297. The fourth-order valence-electron chi connectivity index (χ4n) is 0. The molecule has 0 saturated carbocycles. The van der Waals surface area contributed by atoms with Crippen LogP contribution in [0.2, 0.25) is 0 Å². The smallest absolute Gasteiger partial charge is 1.00 e. The normalized spacial score (nSPS) is 0. The molecule has 0 bridgehead atoms. The molecule has 0 aromatic rings. The average molecular weight is 141 g/mol. The maximum absolute atomic E-state index is 0. The van der Waals surface area contributed by atoms with Gasteiger partial charge in [0.15, 0.2) is 0 Å². The predicted octanol–water partition coefficient (Wildman–Crippen LogP) is -4.65. The van der Waals surface area contributed by atoms with Crippen LogP contribution in [0.1, 0.15) is 7.13 Å². The Morgan fingerprint density at radius 3 is 1.25 bits per heavy atom. The van der Waals surface area contributed by atoms with Crippen molar-refractivity contribution in [1.82, 2.24) is 0 Å². The summed E-state index contributed by atoms with van der Waals surface area (Å²) in [4.78, 5) is 0. The predicted molar refractivity (Wildman–Crippen MR) is 28.4 cm³/mol. The Kier molecular flexibility index (Phi) is 97.9. The van der Waals surface area contributed by atoms with E-state index in [9.17, 15) is 0 Å². The largest absolute Gasteiger partial charge is 2.00 e. The first-order valence-corrected chi connectivity index (χ1v) is 0.